The van der Waals surface area contributed by atoms with Gasteiger partial charge in [-0.2, -0.15) is 0 Å². The predicted octanol–water partition coefficient (Wildman–Crippen LogP) is 4.12. The molecule has 1 aliphatic carbocycles. The van der Waals surface area contributed by atoms with Crippen LogP contribution in [0, 0.1) is 23.1 Å². The Bertz CT molecular complexity index is 1660. The number of halogens is 1. The van der Waals surface area contributed by atoms with E-state index in [0.717, 1.165) is 36.8 Å². The number of fused-ring (bicyclic) bond motifs is 7. The van der Waals surface area contributed by atoms with Gasteiger partial charge in [0.1, 0.15) is 29.5 Å². The first-order valence-electron chi connectivity index (χ1n) is 12.8. The molecule has 4 aromatic rings. The van der Waals surface area contributed by atoms with Crippen LogP contribution >= 0.6 is 0 Å². The smallest absolute Gasteiger partial charge is 0.257 e. The maximum atomic E-state index is 15.1. The molecule has 0 radical (unpaired) electrons. The Morgan fingerprint density at radius 2 is 2.08 bits per heavy atom. The number of aromatic nitrogens is 3. The summed E-state index contributed by atoms with van der Waals surface area (Å²) in [6.45, 7) is 0.995. The van der Waals surface area contributed by atoms with E-state index < -0.39 is 11.7 Å². The van der Waals surface area contributed by atoms with Crippen LogP contribution in [0.25, 0.3) is 16.6 Å². The van der Waals surface area contributed by atoms with E-state index in [1.807, 2.05) is 18.2 Å². The van der Waals surface area contributed by atoms with Gasteiger partial charge in [0.05, 0.1) is 53.3 Å². The van der Waals surface area contributed by atoms with Crippen molar-refractivity contribution in [3.8, 4) is 17.6 Å². The standard InChI is InChI=1S/C29H26FN5O3/c1-34(28(36)20-11-23-22(12-21(20)30)33-27(31)24-13-32-16-35(23)24)25-14-37-26-10-17(2-3-19(25)26)4-7-29-8-5-18(6-9-29)38-15-29/h2-3,10-13,16,18,25H,5-6,8-9,14-15H2,1H3,(H2,31,33)/t18?,25-,29?/m1/s1. The van der Waals surface area contributed by atoms with Crippen LogP contribution in [0.2, 0.25) is 0 Å². The van der Waals surface area contributed by atoms with Crippen LogP contribution in [0.3, 0.4) is 0 Å². The lowest BCUT2D eigenvalue weighted by molar-refractivity contribution is -0.0893. The van der Waals surface area contributed by atoms with E-state index in [1.54, 1.807) is 24.0 Å². The summed E-state index contributed by atoms with van der Waals surface area (Å²) in [5.41, 5.74) is 9.11. The van der Waals surface area contributed by atoms with Crippen LogP contribution in [0.1, 0.15) is 53.2 Å². The number of nitrogens with two attached hydrogens (primary N) is 1. The molecule has 1 amide bonds. The van der Waals surface area contributed by atoms with Crippen molar-refractivity contribution in [1.29, 1.82) is 0 Å². The maximum Gasteiger partial charge on any atom is 0.257 e. The van der Waals surface area contributed by atoms with Gasteiger partial charge in [-0.3, -0.25) is 9.20 Å². The number of ether oxygens (including phenoxy) is 2. The third-order valence-electron chi connectivity index (χ3n) is 8.21. The average Bonchev–Trinajstić information content (AvgIpc) is 3.60. The van der Waals surface area contributed by atoms with Crippen molar-refractivity contribution >= 4 is 28.3 Å². The highest BCUT2D eigenvalue weighted by molar-refractivity contribution is 5.98. The number of anilines is 1. The zero-order valence-corrected chi connectivity index (χ0v) is 20.9. The highest BCUT2D eigenvalue weighted by atomic mass is 19.1. The van der Waals surface area contributed by atoms with Crippen molar-refractivity contribution < 1.29 is 18.7 Å². The molecule has 1 saturated carbocycles. The molecule has 2 saturated heterocycles. The molecule has 9 heteroatoms. The Kier molecular flexibility index (Phi) is 5.10. The second-order valence-corrected chi connectivity index (χ2v) is 10.5. The topological polar surface area (TPSA) is 95.0 Å². The number of benzene rings is 2. The molecule has 2 aromatic heterocycles. The summed E-state index contributed by atoms with van der Waals surface area (Å²) in [5.74, 6) is 6.64. The second-order valence-electron chi connectivity index (χ2n) is 10.5. The van der Waals surface area contributed by atoms with Crippen LogP contribution < -0.4 is 10.5 Å². The monoisotopic (exact) mass is 511 g/mol. The molecule has 3 fully saturated rings. The van der Waals surface area contributed by atoms with Gasteiger partial charge in [0.2, 0.25) is 0 Å². The van der Waals surface area contributed by atoms with Crippen LogP contribution in [0.4, 0.5) is 10.2 Å². The number of nitrogens with zero attached hydrogens (tertiary/aromatic N) is 4. The molecule has 3 aliphatic heterocycles. The zero-order valence-electron chi connectivity index (χ0n) is 20.9. The fourth-order valence-electron chi connectivity index (χ4n) is 5.88. The fourth-order valence-corrected chi connectivity index (χ4v) is 5.88. The third-order valence-corrected chi connectivity index (χ3v) is 8.21. The van der Waals surface area contributed by atoms with E-state index in [9.17, 15) is 4.79 Å². The van der Waals surface area contributed by atoms with Crippen LogP contribution in [0.5, 0.6) is 5.75 Å². The van der Waals surface area contributed by atoms with E-state index in [0.29, 0.717) is 35.0 Å². The third kappa shape index (κ3) is 3.59. The van der Waals surface area contributed by atoms with Gasteiger partial charge in [-0.15, -0.1) is 0 Å². The molecule has 2 bridgehead atoms. The lowest BCUT2D eigenvalue weighted by atomic mass is 9.71. The molecule has 8 nitrogen and oxygen atoms in total. The molecule has 8 rings (SSSR count). The van der Waals surface area contributed by atoms with Gasteiger partial charge in [-0.25, -0.2) is 14.4 Å². The van der Waals surface area contributed by atoms with E-state index in [4.69, 9.17) is 15.2 Å². The maximum absolute atomic E-state index is 15.1. The number of carbonyl (C=O) groups is 1. The Morgan fingerprint density at radius 1 is 1.24 bits per heavy atom. The minimum atomic E-state index is -0.662. The summed E-state index contributed by atoms with van der Waals surface area (Å²) in [6.07, 6.45) is 7.90. The molecule has 0 spiro atoms. The number of imidazole rings is 1. The summed E-state index contributed by atoms with van der Waals surface area (Å²) in [6, 6.07) is 8.22. The van der Waals surface area contributed by atoms with Gasteiger partial charge in [0, 0.05) is 24.2 Å². The molecule has 4 aliphatic rings. The van der Waals surface area contributed by atoms with Gasteiger partial charge < -0.3 is 20.1 Å². The van der Waals surface area contributed by atoms with Crippen LogP contribution in [0.15, 0.2) is 42.9 Å². The first-order valence-corrected chi connectivity index (χ1v) is 12.8. The molecule has 0 unspecified atom stereocenters. The number of amides is 1. The predicted molar refractivity (Wildman–Crippen MR) is 139 cm³/mol. The molecule has 38 heavy (non-hydrogen) atoms. The summed E-state index contributed by atoms with van der Waals surface area (Å²) in [4.78, 5) is 23.4. The Morgan fingerprint density at radius 3 is 2.87 bits per heavy atom. The zero-order chi connectivity index (χ0) is 26.0. The van der Waals surface area contributed by atoms with Gasteiger partial charge in [-0.1, -0.05) is 17.9 Å². The number of carbonyl (C=O) groups excluding carboxylic acids is 1. The van der Waals surface area contributed by atoms with Gasteiger partial charge in [0.15, 0.2) is 0 Å². The van der Waals surface area contributed by atoms with Crippen molar-refractivity contribution in [1.82, 2.24) is 19.3 Å². The van der Waals surface area contributed by atoms with E-state index in [2.05, 4.69) is 21.8 Å². The van der Waals surface area contributed by atoms with Crippen LogP contribution in [-0.4, -0.2) is 51.5 Å². The Hall–Kier alpha value is -4.16. The first kappa shape index (κ1) is 23.0. The quantitative estimate of drug-likeness (QED) is 0.407. The number of rotatable bonds is 2. The van der Waals surface area contributed by atoms with Gasteiger partial charge >= 0.3 is 0 Å². The Balaban J connectivity index is 1.16. The summed E-state index contributed by atoms with van der Waals surface area (Å²) >= 11 is 0. The van der Waals surface area contributed by atoms with Crippen molar-refractivity contribution in [2.24, 2.45) is 5.41 Å². The first-order chi connectivity index (χ1) is 18.4. The molecule has 192 valence electrons. The number of hydrogen-bond acceptors (Lipinski definition) is 6. The fraction of sp³-hybridized carbons (Fsp3) is 0.345. The van der Waals surface area contributed by atoms with Crippen molar-refractivity contribution in [3.63, 3.8) is 0 Å². The van der Waals surface area contributed by atoms with Crippen molar-refractivity contribution in [2.45, 2.75) is 37.8 Å². The lowest BCUT2D eigenvalue weighted by Gasteiger charge is -2.43. The normalized spacial score (nSPS) is 23.6. The number of likely N-dealkylation sites (N-methyl/N-ethyl adjacent to an activating group) is 1. The van der Waals surface area contributed by atoms with E-state index >= 15 is 4.39 Å². The molecule has 1 atom stereocenters. The largest absolute Gasteiger partial charge is 0.491 e. The van der Waals surface area contributed by atoms with Crippen LogP contribution in [-0.2, 0) is 4.74 Å². The second kappa shape index (κ2) is 8.43. The summed E-state index contributed by atoms with van der Waals surface area (Å²) < 4.78 is 28.7. The summed E-state index contributed by atoms with van der Waals surface area (Å²) in [7, 11) is 1.66. The number of nitrogen functional groups attached to an aromatic ring is 1. The average molecular weight is 512 g/mol. The van der Waals surface area contributed by atoms with E-state index in [1.165, 1.54) is 17.0 Å². The lowest BCUT2D eigenvalue weighted by Crippen LogP contribution is -2.41. The Labute approximate surface area is 218 Å². The SMILES string of the molecule is CN(C(=O)c1cc2c(cc1F)nc(N)c1cncn12)[C@@H]1COc2cc(C#CC34CCC(CC3)OC4)ccc21. The minimum absolute atomic E-state index is 0.0444. The van der Waals surface area contributed by atoms with Crippen molar-refractivity contribution in [2.75, 3.05) is 26.0 Å². The van der Waals surface area contributed by atoms with Crippen molar-refractivity contribution in [3.05, 3.63) is 65.4 Å². The minimum Gasteiger partial charge on any atom is -0.491 e. The molecule has 2 aromatic carbocycles. The number of hydrogen-bond donors (Lipinski definition) is 1. The van der Waals surface area contributed by atoms with E-state index in [-0.39, 0.29) is 29.4 Å². The highest BCUT2D eigenvalue weighted by Gasteiger charge is 2.40. The molecular formula is C29H26FN5O3. The molecular weight excluding hydrogens is 485 g/mol. The van der Waals surface area contributed by atoms with Gasteiger partial charge in [-0.05, 0) is 43.9 Å². The highest BCUT2D eigenvalue weighted by Crippen LogP contribution is 2.43. The molecule has 2 N–H and O–H groups in total. The summed E-state index contributed by atoms with van der Waals surface area (Å²) in [5, 5.41) is 0. The van der Waals surface area contributed by atoms with Gasteiger partial charge in [0.25, 0.3) is 5.91 Å². The molecule has 5 heterocycles.